The Hall–Kier alpha value is 0.960. The van der Waals surface area contributed by atoms with E-state index in [4.69, 9.17) is 4.74 Å². The molecule has 0 aromatic heterocycles. The standard InChI is InChI=1S/C7H14O.Na.H/c1-7(2)5-3-4-6-8-7;;/h3-6H2,1-2H3;;. The zero-order valence-corrected chi connectivity index (χ0v) is 5.74. The molecule has 0 N–H and O–H groups in total. The molecule has 0 aromatic carbocycles. The first-order valence-corrected chi connectivity index (χ1v) is 3.35. The van der Waals surface area contributed by atoms with Crippen LogP contribution in [0.2, 0.25) is 0 Å². The van der Waals surface area contributed by atoms with Crippen molar-refractivity contribution in [2.24, 2.45) is 0 Å². The average molecular weight is 138 g/mol. The van der Waals surface area contributed by atoms with Gasteiger partial charge in [-0.2, -0.15) is 0 Å². The third kappa shape index (κ3) is 3.61. The van der Waals surface area contributed by atoms with Gasteiger partial charge >= 0.3 is 29.6 Å². The normalized spacial score (nSPS) is 24.7. The van der Waals surface area contributed by atoms with E-state index in [9.17, 15) is 0 Å². The molecule has 1 saturated heterocycles. The molecule has 0 aliphatic carbocycles. The number of ether oxygens (including phenoxy) is 1. The van der Waals surface area contributed by atoms with Crippen molar-refractivity contribution in [3.05, 3.63) is 0 Å². The van der Waals surface area contributed by atoms with E-state index in [1.54, 1.807) is 0 Å². The fourth-order valence-corrected chi connectivity index (χ4v) is 1.07. The molecule has 0 atom stereocenters. The summed E-state index contributed by atoms with van der Waals surface area (Å²) < 4.78 is 5.47. The van der Waals surface area contributed by atoms with Crippen LogP contribution in [-0.2, 0) is 4.74 Å². The Labute approximate surface area is 79.5 Å². The van der Waals surface area contributed by atoms with E-state index in [2.05, 4.69) is 13.8 Å². The van der Waals surface area contributed by atoms with E-state index in [0.29, 0.717) is 0 Å². The van der Waals surface area contributed by atoms with Crippen molar-refractivity contribution in [1.29, 1.82) is 0 Å². The van der Waals surface area contributed by atoms with Crippen LogP contribution in [0.1, 0.15) is 33.1 Å². The summed E-state index contributed by atoms with van der Waals surface area (Å²) in [4.78, 5) is 0. The molecule has 1 aliphatic rings. The fourth-order valence-electron chi connectivity index (χ4n) is 1.07. The van der Waals surface area contributed by atoms with Crippen LogP contribution < -0.4 is 0 Å². The van der Waals surface area contributed by atoms with Crippen LogP contribution in [-0.4, -0.2) is 41.8 Å². The van der Waals surface area contributed by atoms with E-state index in [1.165, 1.54) is 19.3 Å². The first-order chi connectivity index (χ1) is 3.71. The summed E-state index contributed by atoms with van der Waals surface area (Å²) in [5.41, 5.74) is 0.179. The van der Waals surface area contributed by atoms with Crippen molar-refractivity contribution in [1.82, 2.24) is 0 Å². The second kappa shape index (κ2) is 3.97. The maximum absolute atomic E-state index is 5.47. The molecule has 1 aliphatic heterocycles. The van der Waals surface area contributed by atoms with Gasteiger partial charge in [0.05, 0.1) is 5.60 Å². The molecule has 0 aromatic rings. The maximum atomic E-state index is 5.47. The van der Waals surface area contributed by atoms with E-state index in [0.717, 1.165) is 6.61 Å². The van der Waals surface area contributed by atoms with Gasteiger partial charge < -0.3 is 4.74 Å². The molecule has 0 amide bonds. The summed E-state index contributed by atoms with van der Waals surface area (Å²) in [6.07, 6.45) is 3.82. The summed E-state index contributed by atoms with van der Waals surface area (Å²) in [6, 6.07) is 0. The zero-order chi connectivity index (χ0) is 6.04. The van der Waals surface area contributed by atoms with Crippen molar-refractivity contribution in [3.8, 4) is 0 Å². The minimum absolute atomic E-state index is 0. The Morgan fingerprint density at radius 1 is 1.22 bits per heavy atom. The van der Waals surface area contributed by atoms with Gasteiger partial charge in [0.15, 0.2) is 0 Å². The van der Waals surface area contributed by atoms with Crippen molar-refractivity contribution in [2.45, 2.75) is 38.7 Å². The van der Waals surface area contributed by atoms with E-state index >= 15 is 0 Å². The molecule has 1 fully saturated rings. The second-order valence-electron chi connectivity index (χ2n) is 3.07. The van der Waals surface area contributed by atoms with Crippen LogP contribution in [0.4, 0.5) is 0 Å². The SMILES string of the molecule is CC1(C)CCCCO1.[NaH]. The average Bonchev–Trinajstić information content (AvgIpc) is 1.65. The summed E-state index contributed by atoms with van der Waals surface area (Å²) in [6.45, 7) is 5.28. The predicted molar refractivity (Wildman–Crippen MR) is 41.0 cm³/mol. The van der Waals surface area contributed by atoms with Crippen LogP contribution in [0.25, 0.3) is 0 Å². The number of hydrogen-bond acceptors (Lipinski definition) is 1. The van der Waals surface area contributed by atoms with Gasteiger partial charge in [-0.15, -0.1) is 0 Å². The summed E-state index contributed by atoms with van der Waals surface area (Å²) in [7, 11) is 0. The van der Waals surface area contributed by atoms with Crippen LogP contribution in [0.15, 0.2) is 0 Å². The van der Waals surface area contributed by atoms with E-state index in [-0.39, 0.29) is 35.2 Å². The molecule has 0 spiro atoms. The van der Waals surface area contributed by atoms with Gasteiger partial charge in [0.25, 0.3) is 0 Å². The van der Waals surface area contributed by atoms with Gasteiger partial charge in [0.1, 0.15) is 0 Å². The summed E-state index contributed by atoms with van der Waals surface area (Å²) in [5.74, 6) is 0. The molecule has 0 radical (unpaired) electrons. The van der Waals surface area contributed by atoms with Gasteiger partial charge in [0, 0.05) is 6.61 Å². The molecule has 0 unspecified atom stereocenters. The predicted octanol–water partition coefficient (Wildman–Crippen LogP) is 1.32. The number of rotatable bonds is 0. The molecular formula is C7H15NaO. The van der Waals surface area contributed by atoms with E-state index < -0.39 is 0 Å². The topological polar surface area (TPSA) is 9.23 Å². The van der Waals surface area contributed by atoms with Gasteiger partial charge in [-0.1, -0.05) is 0 Å². The Kier molecular flexibility index (Phi) is 4.39. The Bertz CT molecular complexity index is 73.0. The van der Waals surface area contributed by atoms with Crippen molar-refractivity contribution in [3.63, 3.8) is 0 Å². The second-order valence-corrected chi connectivity index (χ2v) is 3.07. The van der Waals surface area contributed by atoms with Gasteiger partial charge in [-0.25, -0.2) is 0 Å². The third-order valence-corrected chi connectivity index (χ3v) is 1.67. The van der Waals surface area contributed by atoms with Crippen LogP contribution in [0, 0.1) is 0 Å². The Balaban J connectivity index is 0.000000640. The first kappa shape index (κ1) is 9.96. The molecule has 1 nitrogen and oxygen atoms in total. The van der Waals surface area contributed by atoms with Crippen molar-refractivity contribution in [2.75, 3.05) is 6.61 Å². The molecule has 9 heavy (non-hydrogen) atoms. The summed E-state index contributed by atoms with van der Waals surface area (Å²) >= 11 is 0. The van der Waals surface area contributed by atoms with Gasteiger partial charge in [0.2, 0.25) is 0 Å². The quantitative estimate of drug-likeness (QED) is 0.459. The van der Waals surface area contributed by atoms with Crippen molar-refractivity contribution >= 4 is 29.6 Å². The monoisotopic (exact) mass is 138 g/mol. The van der Waals surface area contributed by atoms with Gasteiger partial charge in [-0.05, 0) is 33.1 Å². The molecule has 1 heterocycles. The molecule has 0 saturated carbocycles. The molecule has 1 rings (SSSR count). The third-order valence-electron chi connectivity index (χ3n) is 1.67. The van der Waals surface area contributed by atoms with Crippen LogP contribution in [0.3, 0.4) is 0 Å². The fraction of sp³-hybridized carbons (Fsp3) is 1.00. The van der Waals surface area contributed by atoms with Crippen molar-refractivity contribution < 1.29 is 4.74 Å². The summed E-state index contributed by atoms with van der Waals surface area (Å²) in [5, 5.41) is 0. The zero-order valence-electron chi connectivity index (χ0n) is 5.74. The molecule has 2 heteroatoms. The Morgan fingerprint density at radius 3 is 2.11 bits per heavy atom. The Morgan fingerprint density at radius 2 is 1.89 bits per heavy atom. The molecular weight excluding hydrogens is 123 g/mol. The molecule has 50 valence electrons. The van der Waals surface area contributed by atoms with Gasteiger partial charge in [-0.3, -0.25) is 0 Å². The first-order valence-electron chi connectivity index (χ1n) is 3.35. The number of hydrogen-bond donors (Lipinski definition) is 0. The van der Waals surface area contributed by atoms with Crippen LogP contribution >= 0.6 is 0 Å². The molecule has 0 bridgehead atoms. The van der Waals surface area contributed by atoms with E-state index in [1.807, 2.05) is 0 Å². The van der Waals surface area contributed by atoms with Crippen LogP contribution in [0.5, 0.6) is 0 Å². The minimum atomic E-state index is 0.